The second-order valence-electron chi connectivity index (χ2n) is 5.34. The van der Waals surface area contributed by atoms with Crippen molar-refractivity contribution < 1.29 is 14.6 Å². The maximum Gasteiger partial charge on any atom is 0.170 e. The number of benzene rings is 1. The number of carbonyl (C=O) groups is 1. The van der Waals surface area contributed by atoms with E-state index in [4.69, 9.17) is 9.84 Å². The van der Waals surface area contributed by atoms with Gasteiger partial charge in [-0.3, -0.25) is 4.79 Å². The van der Waals surface area contributed by atoms with Gasteiger partial charge in [-0.1, -0.05) is 29.8 Å². The summed E-state index contributed by atoms with van der Waals surface area (Å²) in [5, 5.41) is 9.08. The van der Waals surface area contributed by atoms with Gasteiger partial charge in [0.2, 0.25) is 0 Å². The number of aliphatic hydroxyl groups is 1. The van der Waals surface area contributed by atoms with Crippen molar-refractivity contribution in [2.45, 2.75) is 32.8 Å². The Morgan fingerprint density at radius 1 is 1.50 bits per heavy atom. The van der Waals surface area contributed by atoms with Crippen LogP contribution in [0.5, 0.6) is 5.75 Å². The minimum atomic E-state index is -0.213. The summed E-state index contributed by atoms with van der Waals surface area (Å²) in [6, 6.07) is 5.49. The lowest BCUT2D eigenvalue weighted by Crippen LogP contribution is -2.40. The average Bonchev–Trinajstić information content (AvgIpc) is 2.29. The molecule has 1 atom stereocenters. The van der Waals surface area contributed by atoms with Crippen LogP contribution in [0, 0.1) is 5.41 Å². The van der Waals surface area contributed by atoms with Gasteiger partial charge in [-0.15, -0.1) is 0 Å². The molecule has 0 bridgehead atoms. The third-order valence-electron chi connectivity index (χ3n) is 3.51. The van der Waals surface area contributed by atoms with Gasteiger partial charge in [-0.2, -0.15) is 0 Å². The highest BCUT2D eigenvalue weighted by Crippen LogP contribution is 2.37. The minimum Gasteiger partial charge on any atom is -0.489 e. The molecule has 98 valence electrons. The van der Waals surface area contributed by atoms with E-state index in [-0.39, 0.29) is 23.9 Å². The van der Waals surface area contributed by atoms with Crippen LogP contribution in [0.3, 0.4) is 0 Å². The second kappa shape index (κ2) is 5.02. The Balaban J connectivity index is 2.28. The van der Waals surface area contributed by atoms with Crippen molar-refractivity contribution in [3.05, 3.63) is 28.2 Å². The van der Waals surface area contributed by atoms with E-state index in [0.29, 0.717) is 24.2 Å². The van der Waals surface area contributed by atoms with Crippen LogP contribution >= 0.6 is 15.9 Å². The van der Waals surface area contributed by atoms with Crippen LogP contribution in [-0.2, 0) is 0 Å². The van der Waals surface area contributed by atoms with Crippen molar-refractivity contribution in [3.63, 3.8) is 0 Å². The summed E-state index contributed by atoms with van der Waals surface area (Å²) >= 11 is 3.36. The maximum atomic E-state index is 12.1. The van der Waals surface area contributed by atoms with Gasteiger partial charge in [-0.05, 0) is 24.6 Å². The number of rotatable bonds is 3. The van der Waals surface area contributed by atoms with Crippen LogP contribution in [0.4, 0.5) is 0 Å². The molecule has 0 amide bonds. The molecule has 2 rings (SSSR count). The van der Waals surface area contributed by atoms with E-state index in [2.05, 4.69) is 15.9 Å². The molecule has 4 heteroatoms. The van der Waals surface area contributed by atoms with E-state index < -0.39 is 0 Å². The third-order valence-corrected chi connectivity index (χ3v) is 4.00. The fraction of sp³-hybridized carbons (Fsp3) is 0.500. The zero-order chi connectivity index (χ0) is 13.3. The first kappa shape index (κ1) is 13.6. The Kier molecular flexibility index (Phi) is 3.78. The average molecular weight is 313 g/mol. The van der Waals surface area contributed by atoms with Gasteiger partial charge in [0.15, 0.2) is 5.78 Å². The van der Waals surface area contributed by atoms with E-state index in [0.717, 1.165) is 4.47 Å². The number of halogens is 1. The summed E-state index contributed by atoms with van der Waals surface area (Å²) < 4.78 is 6.80. The topological polar surface area (TPSA) is 46.5 Å². The molecule has 1 N–H and O–H groups in total. The number of ketones is 1. The van der Waals surface area contributed by atoms with Gasteiger partial charge in [0, 0.05) is 22.9 Å². The number of ether oxygens (including phenoxy) is 1. The Hall–Kier alpha value is -0.870. The second-order valence-corrected chi connectivity index (χ2v) is 6.25. The quantitative estimate of drug-likeness (QED) is 0.932. The smallest absolute Gasteiger partial charge is 0.170 e. The first-order chi connectivity index (χ1) is 8.44. The SMILES string of the molecule is CC(C)(CCO)[C@@H]1CC(=O)c2cc(Br)ccc2O1. The summed E-state index contributed by atoms with van der Waals surface area (Å²) in [6.07, 6.45) is 0.818. The van der Waals surface area contributed by atoms with Crippen LogP contribution in [0.2, 0.25) is 0 Å². The van der Waals surface area contributed by atoms with Crippen LogP contribution in [-0.4, -0.2) is 23.6 Å². The zero-order valence-corrected chi connectivity index (χ0v) is 12.2. The molecule has 1 aliphatic heterocycles. The standard InChI is InChI=1S/C14H17BrO3/c1-14(2,5-6-16)13-8-11(17)10-7-9(15)3-4-12(10)18-13/h3-4,7,13,16H,5-6,8H2,1-2H3/t13-/m0/s1. The summed E-state index contributed by atoms with van der Waals surface area (Å²) in [4.78, 5) is 12.1. The van der Waals surface area contributed by atoms with Crippen LogP contribution in [0.1, 0.15) is 37.0 Å². The largest absolute Gasteiger partial charge is 0.489 e. The van der Waals surface area contributed by atoms with E-state index in [1.807, 2.05) is 26.0 Å². The van der Waals surface area contributed by atoms with Gasteiger partial charge >= 0.3 is 0 Å². The van der Waals surface area contributed by atoms with Crippen molar-refractivity contribution in [3.8, 4) is 5.75 Å². The van der Waals surface area contributed by atoms with Gasteiger partial charge in [0.25, 0.3) is 0 Å². The van der Waals surface area contributed by atoms with Crippen LogP contribution < -0.4 is 4.74 Å². The summed E-state index contributed by atoms with van der Waals surface area (Å²) in [6.45, 7) is 4.14. The van der Waals surface area contributed by atoms with Crippen molar-refractivity contribution in [2.75, 3.05) is 6.61 Å². The lowest BCUT2D eigenvalue weighted by molar-refractivity contribution is 0.0338. The molecule has 18 heavy (non-hydrogen) atoms. The lowest BCUT2D eigenvalue weighted by Gasteiger charge is -2.37. The van der Waals surface area contributed by atoms with Gasteiger partial charge in [-0.25, -0.2) is 0 Å². The molecule has 1 heterocycles. The molecule has 0 saturated carbocycles. The van der Waals surface area contributed by atoms with E-state index >= 15 is 0 Å². The Labute approximate surface area is 115 Å². The van der Waals surface area contributed by atoms with Gasteiger partial charge in [0.1, 0.15) is 11.9 Å². The van der Waals surface area contributed by atoms with Crippen LogP contribution in [0.15, 0.2) is 22.7 Å². The number of hydrogen-bond donors (Lipinski definition) is 1. The highest BCUT2D eigenvalue weighted by molar-refractivity contribution is 9.10. The molecule has 3 nitrogen and oxygen atoms in total. The molecule has 1 aromatic carbocycles. The Morgan fingerprint density at radius 2 is 2.22 bits per heavy atom. The van der Waals surface area contributed by atoms with Crippen molar-refractivity contribution >= 4 is 21.7 Å². The van der Waals surface area contributed by atoms with Gasteiger partial charge in [0.05, 0.1) is 5.56 Å². The minimum absolute atomic E-state index is 0.105. The zero-order valence-electron chi connectivity index (χ0n) is 10.6. The summed E-state index contributed by atoms with van der Waals surface area (Å²) in [5.74, 6) is 0.749. The van der Waals surface area contributed by atoms with Crippen LogP contribution in [0.25, 0.3) is 0 Å². The molecule has 0 unspecified atom stereocenters. The first-order valence-electron chi connectivity index (χ1n) is 6.04. The molecule has 0 fully saturated rings. The Bertz CT molecular complexity index is 468. The normalized spacial score (nSPS) is 19.3. The molecule has 0 saturated heterocycles. The number of hydrogen-bond acceptors (Lipinski definition) is 3. The molecular weight excluding hydrogens is 296 g/mol. The number of aliphatic hydroxyl groups excluding tert-OH is 1. The predicted octanol–water partition coefficient (Wildman–Crippen LogP) is 3.19. The van der Waals surface area contributed by atoms with E-state index in [1.165, 1.54) is 0 Å². The molecule has 0 radical (unpaired) electrons. The third kappa shape index (κ3) is 2.59. The fourth-order valence-corrected chi connectivity index (χ4v) is 2.54. The highest BCUT2D eigenvalue weighted by Gasteiger charge is 2.37. The molecule has 0 aromatic heterocycles. The summed E-state index contributed by atoms with van der Waals surface area (Å²) in [7, 11) is 0. The first-order valence-corrected chi connectivity index (χ1v) is 6.83. The fourth-order valence-electron chi connectivity index (χ4n) is 2.18. The lowest BCUT2D eigenvalue weighted by atomic mass is 9.79. The molecule has 0 aliphatic carbocycles. The van der Waals surface area contributed by atoms with Crippen molar-refractivity contribution in [2.24, 2.45) is 5.41 Å². The number of fused-ring (bicyclic) bond motifs is 1. The number of carbonyl (C=O) groups excluding carboxylic acids is 1. The van der Waals surface area contributed by atoms with Crippen molar-refractivity contribution in [1.82, 2.24) is 0 Å². The molecular formula is C14H17BrO3. The maximum absolute atomic E-state index is 12.1. The molecule has 1 aromatic rings. The van der Waals surface area contributed by atoms with E-state index in [1.54, 1.807) is 6.07 Å². The van der Waals surface area contributed by atoms with Gasteiger partial charge < -0.3 is 9.84 Å². The van der Waals surface area contributed by atoms with Crippen molar-refractivity contribution in [1.29, 1.82) is 0 Å². The monoisotopic (exact) mass is 312 g/mol. The molecule has 1 aliphatic rings. The van der Waals surface area contributed by atoms with E-state index in [9.17, 15) is 4.79 Å². The summed E-state index contributed by atoms with van der Waals surface area (Å²) in [5.41, 5.74) is 0.426. The number of Topliss-reactive ketones (excluding diaryl/α,β-unsaturated/α-hetero) is 1. The predicted molar refractivity (Wildman–Crippen MR) is 73.0 cm³/mol. The molecule has 0 spiro atoms. The highest BCUT2D eigenvalue weighted by atomic mass is 79.9. The Morgan fingerprint density at radius 3 is 2.89 bits per heavy atom.